The molecule has 0 radical (unpaired) electrons. The number of urea groups is 1. The van der Waals surface area contributed by atoms with Crippen molar-refractivity contribution in [2.45, 2.75) is 57.0 Å². The number of nitrogens with zero attached hydrogens (tertiary/aromatic N) is 1. The van der Waals surface area contributed by atoms with Crippen LogP contribution in [0.3, 0.4) is 0 Å². The Morgan fingerprint density at radius 2 is 1.61 bits per heavy atom. The van der Waals surface area contributed by atoms with Crippen LogP contribution in [0.1, 0.15) is 44.9 Å². The van der Waals surface area contributed by atoms with Crippen LogP contribution in [0.25, 0.3) is 0 Å². The number of piperidine rings is 1. The molecule has 0 bridgehead atoms. The lowest BCUT2D eigenvalue weighted by atomic mass is 9.96. The molecule has 3 N–H and O–H groups in total. The zero-order chi connectivity index (χ0) is 19.9. The number of hydrogen-bond donors (Lipinski definition) is 3. The molecule has 1 saturated carbocycles. The number of carbonyl (C=O) groups excluding carboxylic acids is 2. The molecule has 1 aliphatic carbocycles. The summed E-state index contributed by atoms with van der Waals surface area (Å²) < 4.78 is 26.8. The van der Waals surface area contributed by atoms with Crippen LogP contribution >= 0.6 is 0 Å². The second kappa shape index (κ2) is 9.82. The van der Waals surface area contributed by atoms with E-state index in [2.05, 4.69) is 16.0 Å². The van der Waals surface area contributed by atoms with Crippen LogP contribution in [-0.4, -0.2) is 48.6 Å². The molecule has 0 atom stereocenters. The van der Waals surface area contributed by atoms with E-state index in [0.717, 1.165) is 43.9 Å². The van der Waals surface area contributed by atoms with Crippen LogP contribution in [0.15, 0.2) is 18.2 Å². The first-order chi connectivity index (χ1) is 13.5. The van der Waals surface area contributed by atoms with Gasteiger partial charge in [-0.1, -0.05) is 19.3 Å². The van der Waals surface area contributed by atoms with Crippen molar-refractivity contribution in [3.8, 4) is 0 Å². The molecule has 3 amide bonds. The van der Waals surface area contributed by atoms with Gasteiger partial charge in [0.25, 0.3) is 0 Å². The molecule has 1 saturated heterocycles. The van der Waals surface area contributed by atoms with Gasteiger partial charge in [0.05, 0.1) is 12.2 Å². The Kier molecular flexibility index (Phi) is 7.19. The van der Waals surface area contributed by atoms with Gasteiger partial charge in [0, 0.05) is 31.2 Å². The molecule has 1 heterocycles. The first kappa shape index (κ1) is 20.5. The van der Waals surface area contributed by atoms with Gasteiger partial charge in [0.1, 0.15) is 11.6 Å². The van der Waals surface area contributed by atoms with Crippen molar-refractivity contribution in [3.05, 3.63) is 29.8 Å². The van der Waals surface area contributed by atoms with Crippen molar-refractivity contribution < 1.29 is 18.4 Å². The molecule has 2 fully saturated rings. The predicted octanol–water partition coefficient (Wildman–Crippen LogP) is 3.00. The van der Waals surface area contributed by atoms with E-state index in [1.165, 1.54) is 19.3 Å². The van der Waals surface area contributed by atoms with Crippen LogP contribution in [0.4, 0.5) is 19.3 Å². The highest BCUT2D eigenvalue weighted by molar-refractivity contribution is 5.92. The summed E-state index contributed by atoms with van der Waals surface area (Å²) in [4.78, 5) is 26.2. The molecular weight excluding hydrogens is 366 g/mol. The van der Waals surface area contributed by atoms with Gasteiger partial charge in [0.15, 0.2) is 0 Å². The van der Waals surface area contributed by atoms with Gasteiger partial charge in [-0.2, -0.15) is 0 Å². The standard InChI is InChI=1S/C20H28F2N4O2/c21-14-6-7-17(22)18(12-14)25-19(27)13-26-10-8-16(9-11-26)24-20(28)23-15-4-2-1-3-5-15/h6-7,12,15-16H,1-5,8-11,13H2,(H,25,27)(H2,23,24,28). The summed E-state index contributed by atoms with van der Waals surface area (Å²) in [6, 6.07) is 3.22. The molecule has 0 aromatic heterocycles. The molecule has 154 valence electrons. The van der Waals surface area contributed by atoms with Gasteiger partial charge < -0.3 is 16.0 Å². The number of likely N-dealkylation sites (tertiary alicyclic amines) is 1. The number of halogens is 2. The third kappa shape index (κ3) is 6.15. The van der Waals surface area contributed by atoms with E-state index < -0.39 is 11.6 Å². The van der Waals surface area contributed by atoms with Crippen LogP contribution in [0.5, 0.6) is 0 Å². The topological polar surface area (TPSA) is 73.5 Å². The van der Waals surface area contributed by atoms with Gasteiger partial charge in [-0.25, -0.2) is 13.6 Å². The van der Waals surface area contributed by atoms with E-state index in [9.17, 15) is 18.4 Å². The van der Waals surface area contributed by atoms with E-state index in [-0.39, 0.29) is 36.3 Å². The molecule has 1 aromatic carbocycles. The van der Waals surface area contributed by atoms with E-state index in [1.807, 2.05) is 4.90 Å². The summed E-state index contributed by atoms with van der Waals surface area (Å²) in [5, 5.41) is 8.49. The summed E-state index contributed by atoms with van der Waals surface area (Å²) >= 11 is 0. The Hall–Kier alpha value is -2.22. The van der Waals surface area contributed by atoms with Crippen LogP contribution in [-0.2, 0) is 4.79 Å². The van der Waals surface area contributed by atoms with Gasteiger partial charge in [0.2, 0.25) is 5.91 Å². The van der Waals surface area contributed by atoms with Crippen molar-refractivity contribution >= 4 is 17.6 Å². The van der Waals surface area contributed by atoms with Gasteiger partial charge in [-0.15, -0.1) is 0 Å². The second-order valence-corrected chi connectivity index (χ2v) is 7.68. The molecule has 8 heteroatoms. The highest BCUT2D eigenvalue weighted by atomic mass is 19.1. The minimum absolute atomic E-state index is 0.0866. The van der Waals surface area contributed by atoms with Crippen LogP contribution < -0.4 is 16.0 Å². The Balaban J connectivity index is 1.37. The summed E-state index contributed by atoms with van der Waals surface area (Å²) in [5.41, 5.74) is -0.152. The maximum absolute atomic E-state index is 13.6. The third-order valence-corrected chi connectivity index (χ3v) is 5.43. The minimum Gasteiger partial charge on any atom is -0.335 e. The van der Waals surface area contributed by atoms with Gasteiger partial charge in [-0.3, -0.25) is 9.69 Å². The van der Waals surface area contributed by atoms with E-state index in [1.54, 1.807) is 0 Å². The second-order valence-electron chi connectivity index (χ2n) is 7.68. The lowest BCUT2D eigenvalue weighted by Gasteiger charge is -2.32. The highest BCUT2D eigenvalue weighted by Gasteiger charge is 2.23. The average Bonchev–Trinajstić information content (AvgIpc) is 2.67. The van der Waals surface area contributed by atoms with E-state index in [4.69, 9.17) is 0 Å². The van der Waals surface area contributed by atoms with Crippen molar-refractivity contribution in [2.24, 2.45) is 0 Å². The smallest absolute Gasteiger partial charge is 0.315 e. The fourth-order valence-electron chi connectivity index (χ4n) is 3.88. The number of benzene rings is 1. The zero-order valence-corrected chi connectivity index (χ0v) is 16.0. The minimum atomic E-state index is -0.665. The molecule has 28 heavy (non-hydrogen) atoms. The molecule has 1 aromatic rings. The van der Waals surface area contributed by atoms with Gasteiger partial charge >= 0.3 is 6.03 Å². The number of hydrogen-bond acceptors (Lipinski definition) is 3. The Morgan fingerprint density at radius 3 is 2.29 bits per heavy atom. The number of amides is 3. The zero-order valence-electron chi connectivity index (χ0n) is 16.0. The quantitative estimate of drug-likeness (QED) is 0.719. The van der Waals surface area contributed by atoms with Crippen molar-refractivity contribution in [1.82, 2.24) is 15.5 Å². The molecule has 2 aliphatic rings. The summed E-state index contributed by atoms with van der Waals surface area (Å²) in [5.74, 6) is -1.65. The van der Waals surface area contributed by atoms with E-state index >= 15 is 0 Å². The Morgan fingerprint density at radius 1 is 0.964 bits per heavy atom. The third-order valence-electron chi connectivity index (χ3n) is 5.43. The van der Waals surface area contributed by atoms with Gasteiger partial charge in [-0.05, 0) is 37.8 Å². The number of nitrogens with one attached hydrogen (secondary N) is 3. The molecule has 1 aliphatic heterocycles. The Labute approximate surface area is 164 Å². The lowest BCUT2D eigenvalue weighted by Crippen LogP contribution is -2.51. The first-order valence-corrected chi connectivity index (χ1v) is 10.0. The van der Waals surface area contributed by atoms with Crippen molar-refractivity contribution in [1.29, 1.82) is 0 Å². The lowest BCUT2D eigenvalue weighted by molar-refractivity contribution is -0.117. The van der Waals surface area contributed by atoms with Crippen molar-refractivity contribution in [2.75, 3.05) is 25.0 Å². The summed E-state index contributed by atoms with van der Waals surface area (Å²) in [6.45, 7) is 1.43. The number of anilines is 1. The SMILES string of the molecule is O=C(CN1CCC(NC(=O)NC2CCCCC2)CC1)Nc1cc(F)ccc1F. The van der Waals surface area contributed by atoms with Crippen molar-refractivity contribution in [3.63, 3.8) is 0 Å². The maximum atomic E-state index is 13.6. The molecule has 0 unspecified atom stereocenters. The largest absolute Gasteiger partial charge is 0.335 e. The van der Waals surface area contributed by atoms with Crippen LogP contribution in [0, 0.1) is 11.6 Å². The van der Waals surface area contributed by atoms with E-state index in [0.29, 0.717) is 13.1 Å². The fourth-order valence-corrected chi connectivity index (χ4v) is 3.88. The molecule has 6 nitrogen and oxygen atoms in total. The monoisotopic (exact) mass is 394 g/mol. The molecule has 3 rings (SSSR count). The fraction of sp³-hybridized carbons (Fsp3) is 0.600. The highest BCUT2D eigenvalue weighted by Crippen LogP contribution is 2.18. The normalized spacial score (nSPS) is 19.2. The maximum Gasteiger partial charge on any atom is 0.315 e. The number of carbonyl (C=O) groups is 2. The Bertz CT molecular complexity index is 687. The van der Waals surface area contributed by atoms with Crippen LogP contribution in [0.2, 0.25) is 0 Å². The molecule has 0 spiro atoms. The molecular formula is C20H28F2N4O2. The summed E-state index contributed by atoms with van der Waals surface area (Å²) in [6.07, 6.45) is 7.19. The predicted molar refractivity (Wildman–Crippen MR) is 103 cm³/mol. The average molecular weight is 394 g/mol. The number of rotatable bonds is 5. The first-order valence-electron chi connectivity index (χ1n) is 10.0. The summed E-state index contributed by atoms with van der Waals surface area (Å²) in [7, 11) is 0.